The number of halogens is 1. The molecule has 0 fully saturated rings. The molecule has 0 unspecified atom stereocenters. The van der Waals surface area contributed by atoms with Crippen LogP contribution in [0, 0.1) is 6.92 Å². The molecule has 2 rings (SSSR count). The molecule has 0 spiro atoms. The molecule has 18 heavy (non-hydrogen) atoms. The third kappa shape index (κ3) is 2.32. The van der Waals surface area contributed by atoms with Crippen molar-refractivity contribution in [1.82, 2.24) is 20.3 Å². The molecule has 0 bridgehead atoms. The lowest BCUT2D eigenvalue weighted by atomic mass is 10.2. The predicted molar refractivity (Wildman–Crippen MR) is 73.4 cm³/mol. The van der Waals surface area contributed by atoms with Gasteiger partial charge >= 0.3 is 0 Å². The van der Waals surface area contributed by atoms with Gasteiger partial charge in [-0.2, -0.15) is 0 Å². The summed E-state index contributed by atoms with van der Waals surface area (Å²) in [5.74, 6) is 0. The average Bonchev–Trinajstić information content (AvgIpc) is 2.72. The van der Waals surface area contributed by atoms with E-state index in [-0.39, 0.29) is 0 Å². The van der Waals surface area contributed by atoms with E-state index in [4.69, 9.17) is 11.6 Å². The highest BCUT2D eigenvalue weighted by atomic mass is 35.5. The van der Waals surface area contributed by atoms with Crippen molar-refractivity contribution in [1.29, 1.82) is 0 Å². The fourth-order valence-electron chi connectivity index (χ4n) is 1.81. The molecule has 96 valence electrons. The van der Waals surface area contributed by atoms with Crippen molar-refractivity contribution in [3.8, 4) is 5.69 Å². The van der Waals surface area contributed by atoms with Gasteiger partial charge in [-0.25, -0.2) is 4.68 Å². The third-order valence-electron chi connectivity index (χ3n) is 2.79. The predicted octanol–water partition coefficient (Wildman–Crippen LogP) is 1.99. The SMILES string of the molecule is CNCc1nnn(-c2cc(Cl)ccc2NC)c1C. The standard InChI is InChI=1S/C12H16ClN5/c1-8-11(7-14-2)16-17-18(8)12-6-9(13)4-5-10(12)15-3/h4-6,14-15H,7H2,1-3H3. The van der Waals surface area contributed by atoms with Gasteiger partial charge in [0.05, 0.1) is 22.8 Å². The highest BCUT2D eigenvalue weighted by Gasteiger charge is 2.12. The Balaban J connectivity index is 2.51. The maximum atomic E-state index is 6.04. The lowest BCUT2D eigenvalue weighted by Gasteiger charge is -2.10. The van der Waals surface area contributed by atoms with E-state index in [0.29, 0.717) is 11.6 Å². The molecular formula is C12H16ClN5. The van der Waals surface area contributed by atoms with E-state index >= 15 is 0 Å². The summed E-state index contributed by atoms with van der Waals surface area (Å²) in [6, 6.07) is 5.65. The molecule has 2 N–H and O–H groups in total. The summed E-state index contributed by atoms with van der Waals surface area (Å²) < 4.78 is 1.80. The van der Waals surface area contributed by atoms with Crippen LogP contribution in [0.2, 0.25) is 5.02 Å². The maximum Gasteiger partial charge on any atom is 0.0998 e. The molecule has 0 atom stereocenters. The Morgan fingerprint density at radius 2 is 2.11 bits per heavy atom. The van der Waals surface area contributed by atoms with Crippen LogP contribution in [0.5, 0.6) is 0 Å². The quantitative estimate of drug-likeness (QED) is 0.888. The van der Waals surface area contributed by atoms with Crippen LogP contribution in [0.4, 0.5) is 5.69 Å². The Morgan fingerprint density at radius 3 is 2.78 bits per heavy atom. The molecule has 0 saturated heterocycles. The Labute approximate surface area is 111 Å². The van der Waals surface area contributed by atoms with E-state index in [9.17, 15) is 0 Å². The number of benzene rings is 1. The number of nitrogens with zero attached hydrogens (tertiary/aromatic N) is 3. The second-order valence-corrected chi connectivity index (χ2v) is 4.41. The van der Waals surface area contributed by atoms with Gasteiger partial charge in [0.1, 0.15) is 0 Å². The number of aromatic nitrogens is 3. The highest BCUT2D eigenvalue weighted by Crippen LogP contribution is 2.25. The van der Waals surface area contributed by atoms with Crippen LogP contribution >= 0.6 is 11.6 Å². The van der Waals surface area contributed by atoms with Gasteiger partial charge in [-0.15, -0.1) is 5.10 Å². The summed E-state index contributed by atoms with van der Waals surface area (Å²) in [6.07, 6.45) is 0. The molecule has 0 radical (unpaired) electrons. The van der Waals surface area contributed by atoms with E-state index in [1.54, 1.807) is 4.68 Å². The van der Waals surface area contributed by atoms with Gasteiger partial charge in [0.2, 0.25) is 0 Å². The van der Waals surface area contributed by atoms with Crippen LogP contribution in [0.15, 0.2) is 18.2 Å². The first-order chi connectivity index (χ1) is 8.67. The first-order valence-corrected chi connectivity index (χ1v) is 6.08. The van der Waals surface area contributed by atoms with Crippen molar-refractivity contribution in [3.05, 3.63) is 34.6 Å². The Hall–Kier alpha value is -1.59. The molecule has 0 aliphatic carbocycles. The summed E-state index contributed by atoms with van der Waals surface area (Å²) in [5.41, 5.74) is 3.79. The van der Waals surface area contributed by atoms with Crippen LogP contribution in [-0.2, 0) is 6.54 Å². The summed E-state index contributed by atoms with van der Waals surface area (Å²) >= 11 is 6.04. The van der Waals surface area contributed by atoms with Crippen molar-refractivity contribution in [2.45, 2.75) is 13.5 Å². The van der Waals surface area contributed by atoms with Gasteiger partial charge in [0.25, 0.3) is 0 Å². The van der Waals surface area contributed by atoms with Gasteiger partial charge in [-0.05, 0) is 32.2 Å². The lowest BCUT2D eigenvalue weighted by molar-refractivity contribution is 0.767. The highest BCUT2D eigenvalue weighted by molar-refractivity contribution is 6.30. The summed E-state index contributed by atoms with van der Waals surface area (Å²) in [5, 5.41) is 15.2. The van der Waals surface area contributed by atoms with E-state index in [2.05, 4.69) is 20.9 Å². The fraction of sp³-hybridized carbons (Fsp3) is 0.333. The normalized spacial score (nSPS) is 10.7. The number of hydrogen-bond donors (Lipinski definition) is 2. The molecule has 2 aromatic rings. The zero-order valence-corrected chi connectivity index (χ0v) is 11.4. The molecule has 0 amide bonds. The molecule has 5 nitrogen and oxygen atoms in total. The second kappa shape index (κ2) is 5.37. The third-order valence-corrected chi connectivity index (χ3v) is 3.03. The van der Waals surface area contributed by atoms with Crippen molar-refractivity contribution in [3.63, 3.8) is 0 Å². The Morgan fingerprint density at radius 1 is 1.33 bits per heavy atom. The van der Waals surface area contributed by atoms with E-state index in [0.717, 1.165) is 22.8 Å². The lowest BCUT2D eigenvalue weighted by Crippen LogP contribution is -2.08. The van der Waals surface area contributed by atoms with Crippen molar-refractivity contribution >= 4 is 17.3 Å². The maximum absolute atomic E-state index is 6.04. The zero-order valence-electron chi connectivity index (χ0n) is 10.7. The Kier molecular flexibility index (Phi) is 3.84. The van der Waals surface area contributed by atoms with E-state index < -0.39 is 0 Å². The Bertz CT molecular complexity index is 549. The smallest absolute Gasteiger partial charge is 0.0998 e. The van der Waals surface area contributed by atoms with Crippen LogP contribution in [0.25, 0.3) is 5.69 Å². The minimum absolute atomic E-state index is 0.675. The molecule has 1 heterocycles. The van der Waals surface area contributed by atoms with Crippen LogP contribution in [-0.4, -0.2) is 29.1 Å². The minimum atomic E-state index is 0.675. The summed E-state index contributed by atoms with van der Waals surface area (Å²) in [7, 11) is 3.75. The number of hydrogen-bond acceptors (Lipinski definition) is 4. The minimum Gasteiger partial charge on any atom is -0.386 e. The summed E-state index contributed by atoms with van der Waals surface area (Å²) in [6.45, 7) is 2.69. The van der Waals surface area contributed by atoms with Gasteiger partial charge < -0.3 is 10.6 Å². The molecule has 0 aliphatic rings. The van der Waals surface area contributed by atoms with Crippen LogP contribution in [0.1, 0.15) is 11.4 Å². The molecule has 1 aromatic heterocycles. The zero-order chi connectivity index (χ0) is 13.1. The summed E-state index contributed by atoms with van der Waals surface area (Å²) in [4.78, 5) is 0. The number of nitrogens with one attached hydrogen (secondary N) is 2. The van der Waals surface area contributed by atoms with Gasteiger partial charge in [0.15, 0.2) is 0 Å². The first kappa shape index (κ1) is 12.9. The largest absolute Gasteiger partial charge is 0.386 e. The van der Waals surface area contributed by atoms with Crippen molar-refractivity contribution in [2.24, 2.45) is 0 Å². The van der Waals surface area contributed by atoms with Crippen LogP contribution in [0.3, 0.4) is 0 Å². The van der Waals surface area contributed by atoms with Crippen molar-refractivity contribution < 1.29 is 0 Å². The van der Waals surface area contributed by atoms with E-state index in [1.807, 2.05) is 39.2 Å². The topological polar surface area (TPSA) is 54.8 Å². The van der Waals surface area contributed by atoms with Gasteiger partial charge in [0, 0.05) is 18.6 Å². The van der Waals surface area contributed by atoms with Gasteiger partial charge in [-0.3, -0.25) is 0 Å². The molecule has 1 aromatic carbocycles. The monoisotopic (exact) mass is 265 g/mol. The number of anilines is 1. The van der Waals surface area contributed by atoms with Crippen LogP contribution < -0.4 is 10.6 Å². The first-order valence-electron chi connectivity index (χ1n) is 5.70. The average molecular weight is 266 g/mol. The molecule has 0 aliphatic heterocycles. The fourth-order valence-corrected chi connectivity index (χ4v) is 1.98. The van der Waals surface area contributed by atoms with Crippen molar-refractivity contribution in [2.75, 3.05) is 19.4 Å². The number of rotatable bonds is 4. The van der Waals surface area contributed by atoms with Gasteiger partial charge in [-0.1, -0.05) is 16.8 Å². The van der Waals surface area contributed by atoms with E-state index in [1.165, 1.54) is 0 Å². The molecule has 0 saturated carbocycles. The second-order valence-electron chi connectivity index (χ2n) is 3.98. The molecule has 6 heteroatoms. The molecular weight excluding hydrogens is 250 g/mol.